The zero-order valence-electron chi connectivity index (χ0n) is 17.4. The molecule has 0 radical (unpaired) electrons. The third kappa shape index (κ3) is 4.80. The lowest BCUT2D eigenvalue weighted by Gasteiger charge is -2.35. The number of aromatic nitrogens is 4. The van der Waals surface area contributed by atoms with Crippen molar-refractivity contribution in [3.8, 4) is 5.69 Å². The summed E-state index contributed by atoms with van der Waals surface area (Å²) in [6.45, 7) is 4.75. The van der Waals surface area contributed by atoms with Gasteiger partial charge < -0.3 is 4.90 Å². The van der Waals surface area contributed by atoms with Crippen LogP contribution in [-0.2, 0) is 5.75 Å². The number of para-hydroxylation sites is 1. The highest BCUT2D eigenvalue weighted by Gasteiger charge is 2.28. The molecule has 0 N–H and O–H groups in total. The Morgan fingerprint density at radius 3 is 2.48 bits per heavy atom. The summed E-state index contributed by atoms with van der Waals surface area (Å²) in [4.78, 5) is 18.7. The van der Waals surface area contributed by atoms with Crippen LogP contribution in [0.5, 0.6) is 0 Å². The summed E-state index contributed by atoms with van der Waals surface area (Å²) in [5.41, 5.74) is 1.69. The van der Waals surface area contributed by atoms with Gasteiger partial charge in [-0.1, -0.05) is 30.3 Å². The zero-order valence-corrected chi connectivity index (χ0v) is 18.2. The van der Waals surface area contributed by atoms with Crippen LogP contribution in [0.4, 0.5) is 0 Å². The van der Waals surface area contributed by atoms with E-state index in [4.69, 9.17) is 0 Å². The molecule has 31 heavy (non-hydrogen) atoms. The van der Waals surface area contributed by atoms with E-state index in [1.165, 1.54) is 19.4 Å². The molecule has 8 heteroatoms. The highest BCUT2D eigenvalue weighted by molar-refractivity contribution is 7.98. The number of tetrazole rings is 1. The Morgan fingerprint density at radius 1 is 0.968 bits per heavy atom. The SMILES string of the molecule is O=C(c1ccccc1SCc1nnnn1-c1ccccc1)N1CCN(CC2CC2)CC1. The molecular weight excluding hydrogens is 408 g/mol. The van der Waals surface area contributed by atoms with Crippen molar-refractivity contribution >= 4 is 17.7 Å². The number of carbonyl (C=O) groups is 1. The number of piperazine rings is 1. The van der Waals surface area contributed by atoms with Gasteiger partial charge in [0.05, 0.1) is 17.0 Å². The molecule has 2 aliphatic rings. The van der Waals surface area contributed by atoms with Gasteiger partial charge in [-0.15, -0.1) is 16.9 Å². The average molecular weight is 435 g/mol. The fraction of sp³-hybridized carbons (Fsp3) is 0.391. The molecule has 2 heterocycles. The molecule has 1 saturated heterocycles. The monoisotopic (exact) mass is 434 g/mol. The maximum absolute atomic E-state index is 13.3. The van der Waals surface area contributed by atoms with E-state index in [1.807, 2.05) is 59.5 Å². The molecule has 0 bridgehead atoms. The van der Waals surface area contributed by atoms with Crippen LogP contribution >= 0.6 is 11.8 Å². The number of amides is 1. The first-order valence-electron chi connectivity index (χ1n) is 10.8. The van der Waals surface area contributed by atoms with E-state index in [9.17, 15) is 4.79 Å². The molecule has 1 aliphatic heterocycles. The first-order chi connectivity index (χ1) is 15.3. The lowest BCUT2D eigenvalue weighted by molar-refractivity contribution is 0.0628. The number of hydrogen-bond donors (Lipinski definition) is 0. The third-order valence-corrected chi connectivity index (χ3v) is 6.95. The van der Waals surface area contributed by atoms with Crippen LogP contribution in [0, 0.1) is 5.92 Å². The van der Waals surface area contributed by atoms with E-state index in [0.29, 0.717) is 5.75 Å². The van der Waals surface area contributed by atoms with Gasteiger partial charge in [0.15, 0.2) is 5.82 Å². The van der Waals surface area contributed by atoms with Crippen molar-refractivity contribution in [1.29, 1.82) is 0 Å². The molecule has 3 aromatic rings. The number of thioether (sulfide) groups is 1. The number of rotatable bonds is 7. The lowest BCUT2D eigenvalue weighted by atomic mass is 10.1. The van der Waals surface area contributed by atoms with E-state index in [-0.39, 0.29) is 5.91 Å². The van der Waals surface area contributed by atoms with E-state index in [0.717, 1.165) is 54.1 Å². The fourth-order valence-electron chi connectivity index (χ4n) is 3.95. The van der Waals surface area contributed by atoms with Crippen LogP contribution in [0.25, 0.3) is 5.69 Å². The van der Waals surface area contributed by atoms with Crippen molar-refractivity contribution < 1.29 is 4.79 Å². The predicted molar refractivity (Wildman–Crippen MR) is 120 cm³/mol. The van der Waals surface area contributed by atoms with Gasteiger partial charge in [0, 0.05) is 37.6 Å². The summed E-state index contributed by atoms with van der Waals surface area (Å²) in [5.74, 6) is 2.36. The van der Waals surface area contributed by atoms with Crippen molar-refractivity contribution in [3.05, 3.63) is 66.0 Å². The smallest absolute Gasteiger partial charge is 0.255 e. The summed E-state index contributed by atoms with van der Waals surface area (Å²) in [5, 5.41) is 12.2. The molecule has 0 spiro atoms. The van der Waals surface area contributed by atoms with E-state index in [1.54, 1.807) is 16.4 Å². The molecule has 1 saturated carbocycles. The van der Waals surface area contributed by atoms with Crippen LogP contribution in [0.1, 0.15) is 29.0 Å². The Labute approximate surface area is 186 Å². The van der Waals surface area contributed by atoms with Gasteiger partial charge in [0.25, 0.3) is 5.91 Å². The second-order valence-corrected chi connectivity index (χ2v) is 9.18. The van der Waals surface area contributed by atoms with Crippen molar-refractivity contribution in [2.75, 3.05) is 32.7 Å². The van der Waals surface area contributed by atoms with Crippen molar-refractivity contribution in [2.45, 2.75) is 23.5 Å². The topological polar surface area (TPSA) is 67.2 Å². The quantitative estimate of drug-likeness (QED) is 0.533. The van der Waals surface area contributed by atoms with Gasteiger partial charge in [0.2, 0.25) is 0 Å². The minimum Gasteiger partial charge on any atom is -0.336 e. The van der Waals surface area contributed by atoms with Crippen LogP contribution in [0.3, 0.4) is 0 Å². The third-order valence-electron chi connectivity index (χ3n) is 5.88. The van der Waals surface area contributed by atoms with E-state index < -0.39 is 0 Å². The minimum absolute atomic E-state index is 0.122. The van der Waals surface area contributed by atoms with Gasteiger partial charge in [-0.2, -0.15) is 4.68 Å². The number of carbonyl (C=O) groups excluding carboxylic acids is 1. The summed E-state index contributed by atoms with van der Waals surface area (Å²) in [6, 6.07) is 17.7. The maximum atomic E-state index is 13.3. The summed E-state index contributed by atoms with van der Waals surface area (Å²) in [6.07, 6.45) is 2.74. The molecule has 2 fully saturated rings. The van der Waals surface area contributed by atoms with Gasteiger partial charge >= 0.3 is 0 Å². The zero-order chi connectivity index (χ0) is 21.0. The van der Waals surface area contributed by atoms with Crippen molar-refractivity contribution in [3.63, 3.8) is 0 Å². The van der Waals surface area contributed by atoms with Crippen LogP contribution in [-0.4, -0.2) is 68.6 Å². The number of nitrogens with zero attached hydrogens (tertiary/aromatic N) is 6. The first kappa shape index (κ1) is 20.2. The molecule has 0 unspecified atom stereocenters. The molecule has 7 nitrogen and oxygen atoms in total. The van der Waals surface area contributed by atoms with Crippen LogP contribution < -0.4 is 0 Å². The second kappa shape index (κ2) is 9.20. The second-order valence-electron chi connectivity index (χ2n) is 8.16. The summed E-state index contributed by atoms with van der Waals surface area (Å²) < 4.78 is 1.75. The molecule has 1 amide bonds. The average Bonchev–Trinajstić information content (AvgIpc) is 3.51. The Bertz CT molecular complexity index is 1030. The molecule has 5 rings (SSSR count). The number of hydrogen-bond acceptors (Lipinski definition) is 6. The van der Waals surface area contributed by atoms with Crippen LogP contribution in [0.15, 0.2) is 59.5 Å². The van der Waals surface area contributed by atoms with Gasteiger partial charge in [0.1, 0.15) is 0 Å². The molecule has 0 atom stereocenters. The summed E-state index contributed by atoms with van der Waals surface area (Å²) in [7, 11) is 0. The standard InChI is InChI=1S/C23H26N6OS/c30-23(28-14-12-27(13-15-28)16-18-10-11-18)20-8-4-5-9-21(20)31-17-22-24-25-26-29(22)19-6-2-1-3-7-19/h1-9,18H,10-17H2. The Balaban J connectivity index is 1.25. The Kier molecular flexibility index (Phi) is 5.99. The normalized spacial score (nSPS) is 17.1. The molecule has 1 aromatic heterocycles. The maximum Gasteiger partial charge on any atom is 0.255 e. The highest BCUT2D eigenvalue weighted by Crippen LogP contribution is 2.30. The van der Waals surface area contributed by atoms with Crippen molar-refractivity contribution in [1.82, 2.24) is 30.0 Å². The van der Waals surface area contributed by atoms with Gasteiger partial charge in [-0.3, -0.25) is 9.69 Å². The first-order valence-corrected chi connectivity index (χ1v) is 11.8. The molecule has 1 aliphatic carbocycles. The van der Waals surface area contributed by atoms with Crippen LogP contribution in [0.2, 0.25) is 0 Å². The largest absolute Gasteiger partial charge is 0.336 e. The van der Waals surface area contributed by atoms with E-state index >= 15 is 0 Å². The number of benzene rings is 2. The fourth-order valence-corrected chi connectivity index (χ4v) is 4.90. The molecule has 160 valence electrons. The Morgan fingerprint density at radius 2 is 1.71 bits per heavy atom. The highest BCUT2D eigenvalue weighted by atomic mass is 32.2. The van der Waals surface area contributed by atoms with E-state index in [2.05, 4.69) is 20.4 Å². The minimum atomic E-state index is 0.122. The van der Waals surface area contributed by atoms with Crippen molar-refractivity contribution in [2.24, 2.45) is 5.92 Å². The molecular formula is C23H26N6OS. The van der Waals surface area contributed by atoms with Gasteiger partial charge in [-0.05, 0) is 53.5 Å². The lowest BCUT2D eigenvalue weighted by Crippen LogP contribution is -2.49. The summed E-state index contributed by atoms with van der Waals surface area (Å²) >= 11 is 1.60. The Hall–Kier alpha value is -2.71. The van der Waals surface area contributed by atoms with Gasteiger partial charge in [-0.25, -0.2) is 0 Å². The predicted octanol–water partition coefficient (Wildman–Crippen LogP) is 3.12. The molecule has 2 aromatic carbocycles.